The molecule has 16 heavy (non-hydrogen) atoms. The van der Waals surface area contributed by atoms with Crippen LogP contribution < -0.4 is 18.9 Å². The van der Waals surface area contributed by atoms with E-state index in [0.29, 0.717) is 0 Å². The van der Waals surface area contributed by atoms with Gasteiger partial charge in [0.25, 0.3) is 0 Å². The molecule has 0 aliphatic heterocycles. The van der Waals surface area contributed by atoms with Crippen LogP contribution in [-0.2, 0) is 33.5 Å². The molecule has 0 rings (SSSR count). The van der Waals surface area contributed by atoms with Crippen molar-refractivity contribution in [1.82, 2.24) is 0 Å². The fourth-order valence-electron chi connectivity index (χ4n) is 0.753. The summed E-state index contributed by atoms with van der Waals surface area (Å²) in [5.74, 6) is 0. The summed E-state index contributed by atoms with van der Waals surface area (Å²) < 4.78 is 11.5. The Morgan fingerprint density at radius 2 is 1.12 bits per heavy atom. The van der Waals surface area contributed by atoms with Gasteiger partial charge in [-0.1, -0.05) is 13.8 Å². The Kier molecular flexibility index (Phi) is 9.10. The molecular formula is C10H22LiO2PS2. The standard InChI is InChI=1S/C10H23O2PS2.Li/c1-7-9(3,4)11-13(14,15)12-10(5,6)8-2;/h7-8H2,1-6H3,(H,14,15);/q;+1/p-1. The summed E-state index contributed by atoms with van der Waals surface area (Å²) in [6.45, 7) is 12.1. The number of hydrogen-bond donors (Lipinski definition) is 0. The molecule has 0 unspecified atom stereocenters. The van der Waals surface area contributed by atoms with E-state index < -0.39 is 6.12 Å². The van der Waals surface area contributed by atoms with Gasteiger partial charge in [0.15, 0.2) is 0 Å². The molecule has 0 aromatic carbocycles. The van der Waals surface area contributed by atoms with Crippen LogP contribution in [0.2, 0.25) is 0 Å². The molecule has 0 heterocycles. The number of rotatable bonds is 6. The molecule has 0 aromatic rings. The van der Waals surface area contributed by atoms with Gasteiger partial charge in [-0.3, -0.25) is 0 Å². The van der Waals surface area contributed by atoms with E-state index in [1.807, 2.05) is 27.7 Å². The summed E-state index contributed by atoms with van der Waals surface area (Å²) in [5.41, 5.74) is -0.581. The third kappa shape index (κ3) is 8.70. The van der Waals surface area contributed by atoms with Crippen molar-refractivity contribution < 1.29 is 27.9 Å². The summed E-state index contributed by atoms with van der Waals surface area (Å²) >= 11 is 10.5. The summed E-state index contributed by atoms with van der Waals surface area (Å²) in [6.07, 6.45) is -0.806. The first-order chi connectivity index (χ1) is 6.54. The van der Waals surface area contributed by atoms with Crippen LogP contribution in [-0.4, -0.2) is 11.2 Å². The van der Waals surface area contributed by atoms with E-state index in [-0.39, 0.29) is 30.1 Å². The van der Waals surface area contributed by atoms with Crippen LogP contribution in [0.3, 0.4) is 0 Å². The molecule has 0 aromatic heterocycles. The second-order valence-electron chi connectivity index (χ2n) is 4.86. The van der Waals surface area contributed by atoms with E-state index in [4.69, 9.17) is 33.5 Å². The molecule has 0 saturated carbocycles. The van der Waals surface area contributed by atoms with Crippen LogP contribution in [0.1, 0.15) is 54.4 Å². The van der Waals surface area contributed by atoms with Crippen molar-refractivity contribution in [3.05, 3.63) is 0 Å². The Labute approximate surface area is 124 Å². The molecule has 0 amide bonds. The molecule has 92 valence electrons. The van der Waals surface area contributed by atoms with Gasteiger partial charge in [0.1, 0.15) is 11.2 Å². The van der Waals surface area contributed by atoms with Gasteiger partial charge in [-0.2, -0.15) is 0 Å². The van der Waals surface area contributed by atoms with Gasteiger partial charge >= 0.3 is 18.9 Å². The van der Waals surface area contributed by atoms with Gasteiger partial charge in [-0.25, -0.2) is 9.05 Å². The largest absolute Gasteiger partial charge is 1.00 e. The maximum atomic E-state index is 5.73. The van der Waals surface area contributed by atoms with Crippen LogP contribution in [0.4, 0.5) is 0 Å². The Bertz CT molecular complexity index is 191. The van der Waals surface area contributed by atoms with Crippen molar-refractivity contribution in [3.8, 4) is 0 Å². The van der Waals surface area contributed by atoms with Gasteiger partial charge in [0, 0.05) is 6.12 Å². The van der Waals surface area contributed by atoms with E-state index in [1.54, 1.807) is 0 Å². The predicted molar refractivity (Wildman–Crippen MR) is 72.6 cm³/mol. The SMILES string of the molecule is CCC(C)(C)O[P+]([S-])([S-])OC(C)(C)CC.[Li+]. The van der Waals surface area contributed by atoms with Crippen molar-refractivity contribution in [2.45, 2.75) is 65.6 Å². The molecule has 0 radical (unpaired) electrons. The molecule has 6 heteroatoms. The first kappa shape index (κ1) is 20.0. The van der Waals surface area contributed by atoms with Crippen LogP contribution in [0, 0.1) is 0 Å². The fourth-order valence-corrected chi connectivity index (χ4v) is 4.68. The van der Waals surface area contributed by atoms with E-state index in [9.17, 15) is 0 Å². The molecule has 0 bridgehead atoms. The molecule has 0 atom stereocenters. The molecule has 0 fully saturated rings. The topological polar surface area (TPSA) is 18.5 Å². The third-order valence-electron chi connectivity index (χ3n) is 2.42. The minimum Gasteiger partial charge on any atom is -0.515 e. The normalized spacial score (nSPS) is 13.5. The van der Waals surface area contributed by atoms with Gasteiger partial charge in [-0.05, 0) is 40.5 Å². The molecular weight excluding hydrogens is 254 g/mol. The van der Waals surface area contributed by atoms with Crippen molar-refractivity contribution in [3.63, 3.8) is 0 Å². The van der Waals surface area contributed by atoms with Crippen LogP contribution in [0.25, 0.3) is 0 Å². The summed E-state index contributed by atoms with van der Waals surface area (Å²) in [5, 5.41) is 0. The van der Waals surface area contributed by atoms with Crippen LogP contribution in [0.5, 0.6) is 0 Å². The molecule has 0 N–H and O–H groups in total. The van der Waals surface area contributed by atoms with Crippen molar-refractivity contribution >= 4 is 30.6 Å². The molecule has 0 saturated heterocycles. The Morgan fingerprint density at radius 1 is 0.875 bits per heavy atom. The molecule has 0 aliphatic rings. The zero-order valence-corrected chi connectivity index (χ0v) is 14.0. The van der Waals surface area contributed by atoms with E-state index in [0.717, 1.165) is 12.8 Å². The van der Waals surface area contributed by atoms with Crippen molar-refractivity contribution in [2.24, 2.45) is 0 Å². The second-order valence-corrected chi connectivity index (χ2v) is 9.69. The maximum absolute atomic E-state index is 5.73. The zero-order chi connectivity index (χ0) is 12.3. The third-order valence-corrected chi connectivity index (χ3v) is 4.75. The Balaban J connectivity index is 0. The zero-order valence-electron chi connectivity index (χ0n) is 11.5. The maximum Gasteiger partial charge on any atom is 1.00 e. The summed E-state index contributed by atoms with van der Waals surface area (Å²) in [7, 11) is 0. The van der Waals surface area contributed by atoms with Crippen molar-refractivity contribution in [2.75, 3.05) is 0 Å². The molecule has 2 nitrogen and oxygen atoms in total. The monoisotopic (exact) mass is 276 g/mol. The van der Waals surface area contributed by atoms with Crippen LogP contribution in [0.15, 0.2) is 0 Å². The fraction of sp³-hybridized carbons (Fsp3) is 1.00. The molecule has 0 aliphatic carbocycles. The van der Waals surface area contributed by atoms with E-state index in [1.165, 1.54) is 0 Å². The van der Waals surface area contributed by atoms with Gasteiger partial charge < -0.3 is 24.5 Å². The summed E-state index contributed by atoms with van der Waals surface area (Å²) in [6, 6.07) is 0. The quantitative estimate of drug-likeness (QED) is 0.412. The van der Waals surface area contributed by atoms with Gasteiger partial charge in [-0.15, -0.1) is 0 Å². The Hall–Kier alpha value is 1.65. The second kappa shape index (κ2) is 7.29. The average Bonchev–Trinajstić information content (AvgIpc) is 2.00. The van der Waals surface area contributed by atoms with Crippen molar-refractivity contribution in [1.29, 1.82) is 0 Å². The minimum absolute atomic E-state index is 0. The Morgan fingerprint density at radius 3 is 1.31 bits per heavy atom. The van der Waals surface area contributed by atoms with Gasteiger partial charge in [0.05, 0.1) is 0 Å². The first-order valence-corrected chi connectivity index (χ1v) is 8.91. The van der Waals surface area contributed by atoms with E-state index in [2.05, 4.69) is 13.8 Å². The smallest absolute Gasteiger partial charge is 0.515 e. The number of hydrogen-bond acceptors (Lipinski definition) is 4. The van der Waals surface area contributed by atoms with E-state index >= 15 is 0 Å². The first-order valence-electron chi connectivity index (χ1n) is 5.26. The van der Waals surface area contributed by atoms with Gasteiger partial charge in [0.2, 0.25) is 0 Å². The molecule has 0 spiro atoms. The average molecular weight is 276 g/mol. The predicted octanol–water partition coefficient (Wildman–Crippen LogP) is 1.17. The van der Waals surface area contributed by atoms with Crippen LogP contribution >= 0.6 is 6.12 Å². The summed E-state index contributed by atoms with van der Waals surface area (Å²) in [4.78, 5) is 0. The minimum atomic E-state index is -2.55.